The zero-order valence-electron chi connectivity index (χ0n) is 5.64. The fourth-order valence-corrected chi connectivity index (χ4v) is 1.22. The van der Waals surface area contributed by atoms with E-state index in [2.05, 4.69) is 6.58 Å². The Kier molecular flexibility index (Phi) is 3.39. The molecule has 9 heavy (non-hydrogen) atoms. The van der Waals surface area contributed by atoms with Crippen LogP contribution in [0.15, 0.2) is 12.2 Å². The van der Waals surface area contributed by atoms with Crippen LogP contribution in [0.25, 0.3) is 0 Å². The maximum absolute atomic E-state index is 10.0. The van der Waals surface area contributed by atoms with Gasteiger partial charge in [0.15, 0.2) is 0 Å². The van der Waals surface area contributed by atoms with Crippen LogP contribution in [0.3, 0.4) is 0 Å². The van der Waals surface area contributed by atoms with Gasteiger partial charge in [-0.05, 0) is 10.9 Å². The van der Waals surface area contributed by atoms with Crippen LogP contribution < -0.4 is 5.11 Å². The van der Waals surface area contributed by atoms with Crippen molar-refractivity contribution in [3.63, 3.8) is 0 Å². The van der Waals surface area contributed by atoms with E-state index in [1.54, 1.807) is 0 Å². The third-order valence-electron chi connectivity index (χ3n) is 0.752. The van der Waals surface area contributed by atoms with Crippen molar-refractivity contribution in [2.45, 2.75) is 0 Å². The van der Waals surface area contributed by atoms with Gasteiger partial charge in [0.1, 0.15) is 5.75 Å². The normalized spacial score (nSPS) is 9.67. The summed E-state index contributed by atoms with van der Waals surface area (Å²) < 4.78 is 0. The molecule has 52 valence electrons. The number of carbonyl (C=O) groups is 1. The lowest BCUT2D eigenvalue weighted by atomic mass is 10.4. The minimum Gasteiger partial charge on any atom is -0.545 e. The van der Waals surface area contributed by atoms with Gasteiger partial charge in [0, 0.05) is 5.57 Å². The van der Waals surface area contributed by atoms with Crippen LogP contribution in [0.1, 0.15) is 0 Å². The van der Waals surface area contributed by atoms with Crippen molar-refractivity contribution in [1.82, 2.24) is 0 Å². The molecule has 0 atom stereocenters. The average molecular weight is 146 g/mol. The second kappa shape index (κ2) is 3.56. The molecular formula is C6H10O2S. The van der Waals surface area contributed by atoms with Gasteiger partial charge in [0.05, 0.1) is 18.5 Å². The van der Waals surface area contributed by atoms with Crippen LogP contribution in [0.2, 0.25) is 0 Å². The van der Waals surface area contributed by atoms with Gasteiger partial charge in [-0.25, -0.2) is 0 Å². The van der Waals surface area contributed by atoms with Gasteiger partial charge in [0.25, 0.3) is 0 Å². The number of carboxylic acid groups (broad SMARTS) is 1. The zero-order valence-corrected chi connectivity index (χ0v) is 6.46. The van der Waals surface area contributed by atoms with E-state index in [0.717, 1.165) is 0 Å². The molecule has 0 aromatic carbocycles. The van der Waals surface area contributed by atoms with Crippen LogP contribution in [-0.4, -0.2) is 24.2 Å². The molecule has 0 aliphatic rings. The van der Waals surface area contributed by atoms with E-state index in [9.17, 15) is 9.90 Å². The summed E-state index contributed by atoms with van der Waals surface area (Å²) in [6, 6.07) is 0. The molecule has 0 fully saturated rings. The van der Waals surface area contributed by atoms with Crippen molar-refractivity contribution >= 4 is 16.9 Å². The van der Waals surface area contributed by atoms with Gasteiger partial charge >= 0.3 is 0 Å². The maximum atomic E-state index is 10.0. The van der Waals surface area contributed by atoms with Crippen molar-refractivity contribution in [2.75, 3.05) is 18.3 Å². The SMILES string of the molecule is C=C(C[S+](C)C)C(=O)[O-]. The smallest absolute Gasteiger partial charge is 0.133 e. The standard InChI is InChI=1S/C6H10O2S/c1-5(6(7)8)4-9(2)3/h1,4H2,2-3H3. The molecule has 0 aromatic rings. The summed E-state index contributed by atoms with van der Waals surface area (Å²) >= 11 is 0. The first-order chi connectivity index (χ1) is 4.04. The van der Waals surface area contributed by atoms with Crippen LogP contribution in [0.4, 0.5) is 0 Å². The van der Waals surface area contributed by atoms with E-state index in [1.807, 2.05) is 12.5 Å². The molecule has 0 radical (unpaired) electrons. The number of aliphatic carboxylic acids is 1. The second-order valence-corrected chi connectivity index (χ2v) is 4.28. The summed E-state index contributed by atoms with van der Waals surface area (Å²) in [7, 11) is 0.113. The van der Waals surface area contributed by atoms with Crippen LogP contribution in [0, 0.1) is 0 Å². The van der Waals surface area contributed by atoms with E-state index in [-0.39, 0.29) is 16.5 Å². The molecule has 0 aromatic heterocycles. The molecule has 0 bridgehead atoms. The topological polar surface area (TPSA) is 40.1 Å². The van der Waals surface area contributed by atoms with E-state index < -0.39 is 5.97 Å². The molecule has 0 aliphatic carbocycles. The van der Waals surface area contributed by atoms with Crippen molar-refractivity contribution in [1.29, 1.82) is 0 Å². The van der Waals surface area contributed by atoms with Gasteiger partial charge in [-0.2, -0.15) is 0 Å². The molecule has 0 spiro atoms. The van der Waals surface area contributed by atoms with Crippen molar-refractivity contribution in [3.05, 3.63) is 12.2 Å². The van der Waals surface area contributed by atoms with Crippen molar-refractivity contribution in [2.24, 2.45) is 0 Å². The Balaban J connectivity index is 3.65. The largest absolute Gasteiger partial charge is 0.545 e. The number of hydrogen-bond acceptors (Lipinski definition) is 2. The zero-order chi connectivity index (χ0) is 7.44. The predicted octanol–water partition coefficient (Wildman–Crippen LogP) is -0.830. The summed E-state index contributed by atoms with van der Waals surface area (Å²) in [4.78, 5) is 10.0. The number of carbonyl (C=O) groups excluding carboxylic acids is 1. The van der Waals surface area contributed by atoms with E-state index >= 15 is 0 Å². The van der Waals surface area contributed by atoms with Gasteiger partial charge in [-0.1, -0.05) is 6.58 Å². The molecule has 0 amide bonds. The summed E-state index contributed by atoms with van der Waals surface area (Å²) in [5.74, 6) is -0.585. The van der Waals surface area contributed by atoms with Gasteiger partial charge in [0.2, 0.25) is 0 Å². The molecule has 3 heteroatoms. The highest BCUT2D eigenvalue weighted by molar-refractivity contribution is 7.95. The minimum absolute atomic E-state index is 0.113. The summed E-state index contributed by atoms with van der Waals surface area (Å²) in [6.45, 7) is 3.34. The molecular weight excluding hydrogens is 136 g/mol. The maximum Gasteiger partial charge on any atom is 0.133 e. The molecule has 0 rings (SSSR count). The Morgan fingerprint density at radius 1 is 1.67 bits per heavy atom. The lowest BCUT2D eigenvalue weighted by Crippen LogP contribution is -2.27. The van der Waals surface area contributed by atoms with E-state index in [4.69, 9.17) is 0 Å². The highest BCUT2D eigenvalue weighted by Crippen LogP contribution is 1.93. The Morgan fingerprint density at radius 2 is 2.11 bits per heavy atom. The van der Waals surface area contributed by atoms with Crippen molar-refractivity contribution < 1.29 is 9.90 Å². The first-order valence-electron chi connectivity index (χ1n) is 2.47. The highest BCUT2D eigenvalue weighted by atomic mass is 32.2. The van der Waals surface area contributed by atoms with E-state index in [0.29, 0.717) is 5.75 Å². The molecule has 0 saturated carbocycles. The fourth-order valence-electron chi connectivity index (χ4n) is 0.407. The quantitative estimate of drug-likeness (QED) is 0.385. The molecule has 2 nitrogen and oxygen atoms in total. The first kappa shape index (κ1) is 8.56. The van der Waals surface area contributed by atoms with Gasteiger partial charge < -0.3 is 9.90 Å². The lowest BCUT2D eigenvalue weighted by Gasteiger charge is -2.01. The van der Waals surface area contributed by atoms with Crippen LogP contribution in [0.5, 0.6) is 0 Å². The Morgan fingerprint density at radius 3 is 2.22 bits per heavy atom. The first-order valence-corrected chi connectivity index (χ1v) is 4.68. The van der Waals surface area contributed by atoms with Crippen LogP contribution in [-0.2, 0) is 15.7 Å². The fraction of sp³-hybridized carbons (Fsp3) is 0.500. The van der Waals surface area contributed by atoms with E-state index in [1.165, 1.54) is 0 Å². The third-order valence-corrected chi connectivity index (χ3v) is 1.68. The molecule has 0 N–H and O–H groups in total. The Bertz CT molecular complexity index is 129. The summed E-state index contributed by atoms with van der Waals surface area (Å²) in [5.41, 5.74) is 0.198. The minimum atomic E-state index is -1.13. The molecule has 0 heterocycles. The van der Waals surface area contributed by atoms with Gasteiger partial charge in [-0.3, -0.25) is 0 Å². The Hall–Kier alpha value is -0.440. The Labute approximate surface area is 57.9 Å². The van der Waals surface area contributed by atoms with Crippen LogP contribution >= 0.6 is 0 Å². The monoisotopic (exact) mass is 146 g/mol. The van der Waals surface area contributed by atoms with Gasteiger partial charge in [-0.15, -0.1) is 0 Å². The third kappa shape index (κ3) is 4.09. The lowest BCUT2D eigenvalue weighted by molar-refractivity contribution is -0.299. The summed E-state index contributed by atoms with van der Waals surface area (Å²) in [6.07, 6.45) is 3.93. The number of rotatable bonds is 3. The molecule has 0 unspecified atom stereocenters. The van der Waals surface area contributed by atoms with Crippen molar-refractivity contribution in [3.8, 4) is 0 Å². The molecule has 0 saturated heterocycles. The number of hydrogen-bond donors (Lipinski definition) is 0. The predicted molar refractivity (Wildman–Crippen MR) is 38.2 cm³/mol. The summed E-state index contributed by atoms with van der Waals surface area (Å²) in [5, 5.41) is 10.0. The second-order valence-electron chi connectivity index (χ2n) is 2.02. The highest BCUT2D eigenvalue weighted by Gasteiger charge is 2.05. The average Bonchev–Trinajstić information content (AvgIpc) is 1.63. The number of carboxylic acids is 1. The molecule has 0 aliphatic heterocycles.